The van der Waals surface area contributed by atoms with Gasteiger partial charge >= 0.3 is 0 Å². The summed E-state index contributed by atoms with van der Waals surface area (Å²) in [4.78, 5) is 35.4. The minimum Gasteiger partial charge on any atom is -0.490 e. The Labute approximate surface area is 227 Å². The summed E-state index contributed by atoms with van der Waals surface area (Å²) in [6.07, 6.45) is -0.0722. The van der Waals surface area contributed by atoms with Crippen LogP contribution in [0.15, 0.2) is 91.0 Å². The van der Waals surface area contributed by atoms with Gasteiger partial charge in [0.2, 0.25) is 5.91 Å². The standard InChI is InChI=1S/C32H30N2O5/c1-3-18-38-26-17-15-23(20-27(26)37-4-2)29-28-30(39-34(29)24-12-6-5-7-13-24)32(36)33(31(28)35)25-16-14-21-10-8-9-11-22(21)19-25/h5-17,19-20,28-30H,3-4,18H2,1-2H3/t28-,29+,30-/m0/s1. The summed E-state index contributed by atoms with van der Waals surface area (Å²) in [5.74, 6) is -0.135. The largest absolute Gasteiger partial charge is 0.490 e. The third kappa shape index (κ3) is 4.38. The molecule has 4 aromatic rings. The van der Waals surface area contributed by atoms with Gasteiger partial charge in [0.15, 0.2) is 17.6 Å². The van der Waals surface area contributed by atoms with Gasteiger partial charge in [-0.25, -0.2) is 9.96 Å². The zero-order chi connectivity index (χ0) is 26.9. The number of anilines is 2. The molecule has 2 aliphatic heterocycles. The van der Waals surface area contributed by atoms with Crippen molar-refractivity contribution in [3.63, 3.8) is 0 Å². The van der Waals surface area contributed by atoms with E-state index in [1.807, 2.05) is 105 Å². The van der Waals surface area contributed by atoms with Crippen molar-refractivity contribution in [2.45, 2.75) is 32.4 Å². The normalized spacial score (nSPS) is 20.5. The zero-order valence-corrected chi connectivity index (χ0v) is 21.9. The summed E-state index contributed by atoms with van der Waals surface area (Å²) in [7, 11) is 0. The number of imide groups is 1. The van der Waals surface area contributed by atoms with Gasteiger partial charge < -0.3 is 9.47 Å². The maximum atomic E-state index is 14.1. The van der Waals surface area contributed by atoms with Crippen molar-refractivity contribution in [1.82, 2.24) is 0 Å². The van der Waals surface area contributed by atoms with Gasteiger partial charge in [0.1, 0.15) is 5.92 Å². The molecule has 0 spiro atoms. The quantitative estimate of drug-likeness (QED) is 0.261. The van der Waals surface area contributed by atoms with Gasteiger partial charge in [-0.15, -0.1) is 0 Å². The average Bonchev–Trinajstić information content (AvgIpc) is 3.48. The number of benzene rings is 4. The number of carbonyl (C=O) groups is 2. The van der Waals surface area contributed by atoms with Crippen LogP contribution in [0.4, 0.5) is 11.4 Å². The smallest absolute Gasteiger partial charge is 0.266 e. The summed E-state index contributed by atoms with van der Waals surface area (Å²) in [5.41, 5.74) is 2.12. The van der Waals surface area contributed by atoms with Gasteiger partial charge in [-0.05, 0) is 66.1 Å². The lowest BCUT2D eigenvalue weighted by molar-refractivity contribution is -0.126. The van der Waals surface area contributed by atoms with Crippen LogP contribution in [0.25, 0.3) is 10.8 Å². The van der Waals surface area contributed by atoms with Crippen LogP contribution in [0, 0.1) is 5.92 Å². The lowest BCUT2D eigenvalue weighted by atomic mass is 9.90. The van der Waals surface area contributed by atoms with E-state index in [1.165, 1.54) is 4.90 Å². The molecule has 0 aromatic heterocycles. The lowest BCUT2D eigenvalue weighted by Crippen LogP contribution is -2.37. The second-order valence-electron chi connectivity index (χ2n) is 9.69. The fraction of sp³-hybridized carbons (Fsp3) is 0.250. The Balaban J connectivity index is 1.42. The molecule has 4 aromatic carbocycles. The Kier molecular flexibility index (Phi) is 6.67. The fourth-order valence-corrected chi connectivity index (χ4v) is 5.43. The topological polar surface area (TPSA) is 68.3 Å². The minimum atomic E-state index is -0.944. The molecule has 2 fully saturated rings. The molecular formula is C32H30N2O5. The van der Waals surface area contributed by atoms with E-state index in [-0.39, 0.29) is 11.8 Å². The number of rotatable bonds is 8. The van der Waals surface area contributed by atoms with Crippen molar-refractivity contribution in [2.75, 3.05) is 23.2 Å². The molecule has 6 rings (SSSR count). The molecule has 39 heavy (non-hydrogen) atoms. The third-order valence-electron chi connectivity index (χ3n) is 7.19. The zero-order valence-electron chi connectivity index (χ0n) is 21.9. The van der Waals surface area contributed by atoms with Gasteiger partial charge in [-0.2, -0.15) is 0 Å². The first-order valence-corrected chi connectivity index (χ1v) is 13.4. The number of fused-ring (bicyclic) bond motifs is 2. The predicted octanol–water partition coefficient (Wildman–Crippen LogP) is 6.08. The third-order valence-corrected chi connectivity index (χ3v) is 7.19. The van der Waals surface area contributed by atoms with Gasteiger partial charge in [0, 0.05) is 0 Å². The first-order valence-electron chi connectivity index (χ1n) is 13.4. The van der Waals surface area contributed by atoms with Crippen LogP contribution in [0.5, 0.6) is 11.5 Å². The molecule has 7 heteroatoms. The second kappa shape index (κ2) is 10.4. The molecule has 2 aliphatic rings. The maximum Gasteiger partial charge on any atom is 0.266 e. The minimum absolute atomic E-state index is 0.284. The highest BCUT2D eigenvalue weighted by atomic mass is 16.7. The number of amides is 2. The monoisotopic (exact) mass is 522 g/mol. The van der Waals surface area contributed by atoms with Crippen LogP contribution >= 0.6 is 0 Å². The highest BCUT2D eigenvalue weighted by Gasteiger charge is 2.60. The van der Waals surface area contributed by atoms with E-state index in [2.05, 4.69) is 0 Å². The van der Waals surface area contributed by atoms with Gasteiger partial charge in [-0.3, -0.25) is 14.4 Å². The van der Waals surface area contributed by atoms with E-state index in [0.29, 0.717) is 30.4 Å². The summed E-state index contributed by atoms with van der Waals surface area (Å²) in [6, 6.07) is 28.2. The van der Waals surface area contributed by atoms with E-state index >= 15 is 0 Å². The Morgan fingerprint density at radius 2 is 1.51 bits per heavy atom. The molecular weight excluding hydrogens is 492 g/mol. The van der Waals surface area contributed by atoms with Crippen molar-refractivity contribution in [3.8, 4) is 11.5 Å². The summed E-state index contributed by atoms with van der Waals surface area (Å²) >= 11 is 0. The molecule has 0 bridgehead atoms. The van der Waals surface area contributed by atoms with Crippen molar-refractivity contribution < 1.29 is 23.9 Å². The number of hydroxylamine groups is 1. The first kappa shape index (κ1) is 24.9. The number of nitrogens with zero attached hydrogens (tertiary/aromatic N) is 2. The number of hydrogen-bond donors (Lipinski definition) is 0. The molecule has 7 nitrogen and oxygen atoms in total. The number of para-hydroxylation sites is 1. The van der Waals surface area contributed by atoms with E-state index in [4.69, 9.17) is 14.3 Å². The van der Waals surface area contributed by atoms with Crippen molar-refractivity contribution in [2.24, 2.45) is 5.92 Å². The summed E-state index contributed by atoms with van der Waals surface area (Å²) in [5, 5.41) is 3.69. The Morgan fingerprint density at radius 1 is 0.744 bits per heavy atom. The van der Waals surface area contributed by atoms with Gasteiger partial charge in [-0.1, -0.05) is 61.5 Å². The van der Waals surface area contributed by atoms with Crippen LogP contribution in [0.3, 0.4) is 0 Å². The SMILES string of the molecule is CCCOc1ccc([C@@H]2[C@@H]3C(=O)N(c4ccc5ccccc5c4)C(=O)[C@H]3ON2c2ccccc2)cc1OCC. The molecule has 0 N–H and O–H groups in total. The molecule has 2 amide bonds. The Morgan fingerprint density at radius 3 is 2.28 bits per heavy atom. The molecule has 2 heterocycles. The molecule has 0 saturated carbocycles. The Bertz CT molecular complexity index is 1520. The van der Waals surface area contributed by atoms with E-state index in [1.54, 1.807) is 5.06 Å². The van der Waals surface area contributed by atoms with Gasteiger partial charge in [0.25, 0.3) is 5.91 Å². The van der Waals surface area contributed by atoms with Crippen molar-refractivity contribution in [1.29, 1.82) is 0 Å². The molecule has 0 unspecified atom stereocenters. The van der Waals surface area contributed by atoms with Crippen LogP contribution < -0.4 is 19.4 Å². The number of hydrogen-bond acceptors (Lipinski definition) is 6. The molecule has 198 valence electrons. The lowest BCUT2D eigenvalue weighted by Gasteiger charge is -2.29. The molecule has 2 saturated heterocycles. The number of carbonyl (C=O) groups excluding carboxylic acids is 2. The van der Waals surface area contributed by atoms with Crippen LogP contribution in [-0.2, 0) is 14.4 Å². The molecule has 0 aliphatic carbocycles. The van der Waals surface area contributed by atoms with Crippen LogP contribution in [0.1, 0.15) is 31.9 Å². The first-order chi connectivity index (χ1) is 19.1. The summed E-state index contributed by atoms with van der Waals surface area (Å²) in [6.45, 7) is 5.00. The van der Waals surface area contributed by atoms with Crippen LogP contribution in [-0.4, -0.2) is 31.1 Å². The van der Waals surface area contributed by atoms with E-state index in [9.17, 15) is 9.59 Å². The van der Waals surface area contributed by atoms with E-state index < -0.39 is 18.1 Å². The number of ether oxygens (including phenoxy) is 2. The maximum absolute atomic E-state index is 14.1. The summed E-state index contributed by atoms with van der Waals surface area (Å²) < 4.78 is 11.8. The van der Waals surface area contributed by atoms with Gasteiger partial charge in [0.05, 0.1) is 30.6 Å². The average molecular weight is 523 g/mol. The predicted molar refractivity (Wildman–Crippen MR) is 150 cm³/mol. The highest BCUT2D eigenvalue weighted by molar-refractivity contribution is 6.24. The molecule has 3 atom stereocenters. The second-order valence-corrected chi connectivity index (χ2v) is 9.69. The van der Waals surface area contributed by atoms with Crippen molar-refractivity contribution >= 4 is 34.0 Å². The molecule has 0 radical (unpaired) electrons. The van der Waals surface area contributed by atoms with Crippen LogP contribution in [0.2, 0.25) is 0 Å². The highest BCUT2D eigenvalue weighted by Crippen LogP contribution is 2.49. The van der Waals surface area contributed by atoms with E-state index in [0.717, 1.165) is 28.4 Å². The Hall–Kier alpha value is -4.36. The van der Waals surface area contributed by atoms with Crippen molar-refractivity contribution in [3.05, 3.63) is 96.6 Å². The fourth-order valence-electron chi connectivity index (χ4n) is 5.43.